The van der Waals surface area contributed by atoms with Gasteiger partial charge < -0.3 is 10.2 Å². The number of carboxylic acids is 1. The predicted molar refractivity (Wildman–Crippen MR) is 104 cm³/mol. The van der Waals surface area contributed by atoms with Crippen molar-refractivity contribution in [1.82, 2.24) is 9.55 Å². The molecule has 0 saturated heterocycles. The fraction of sp³-hybridized carbons (Fsp3) is 0.100. The lowest BCUT2D eigenvalue weighted by atomic mass is 10.1. The van der Waals surface area contributed by atoms with Gasteiger partial charge in [-0.2, -0.15) is 0 Å². The Labute approximate surface area is 159 Å². The molecule has 0 saturated carbocycles. The first-order valence-corrected chi connectivity index (χ1v) is 8.33. The van der Waals surface area contributed by atoms with Gasteiger partial charge in [-0.15, -0.1) is 0 Å². The van der Waals surface area contributed by atoms with Crippen molar-refractivity contribution in [3.63, 3.8) is 0 Å². The zero-order valence-electron chi connectivity index (χ0n) is 15.1. The second-order valence-corrected chi connectivity index (χ2v) is 6.13. The number of para-hydroxylation sites is 1. The summed E-state index contributed by atoms with van der Waals surface area (Å²) in [4.78, 5) is 42.0. The average Bonchev–Trinajstić information content (AvgIpc) is 2.63. The molecule has 0 radical (unpaired) electrons. The van der Waals surface area contributed by atoms with Crippen molar-refractivity contribution < 1.29 is 15.0 Å². The molecule has 2 aromatic carbocycles. The molecule has 0 bridgehead atoms. The van der Waals surface area contributed by atoms with Crippen molar-refractivity contribution in [2.75, 3.05) is 0 Å². The highest BCUT2D eigenvalue weighted by atomic mass is 16.4. The lowest BCUT2D eigenvalue weighted by Crippen LogP contribution is -2.33. The van der Waals surface area contributed by atoms with Crippen LogP contribution in [0.3, 0.4) is 0 Å². The van der Waals surface area contributed by atoms with Gasteiger partial charge in [0.25, 0.3) is 5.56 Å². The topological polar surface area (TPSA) is 125 Å². The third-order valence-corrected chi connectivity index (χ3v) is 4.22. The molecule has 0 aliphatic heterocycles. The highest BCUT2D eigenvalue weighted by Gasteiger charge is 2.18. The Morgan fingerprint density at radius 2 is 1.71 bits per heavy atom. The van der Waals surface area contributed by atoms with Crippen molar-refractivity contribution >= 4 is 17.4 Å². The summed E-state index contributed by atoms with van der Waals surface area (Å²) in [6, 6.07) is 12.7. The summed E-state index contributed by atoms with van der Waals surface area (Å²) in [5, 5.41) is 19.6. The van der Waals surface area contributed by atoms with Gasteiger partial charge in [0, 0.05) is 0 Å². The van der Waals surface area contributed by atoms with Crippen LogP contribution in [0.15, 0.2) is 63.1 Å². The quantitative estimate of drug-likeness (QED) is 0.600. The van der Waals surface area contributed by atoms with E-state index in [4.69, 9.17) is 5.11 Å². The van der Waals surface area contributed by atoms with Gasteiger partial charge >= 0.3 is 11.7 Å². The maximum Gasteiger partial charge on any atom is 0.335 e. The van der Waals surface area contributed by atoms with E-state index in [1.807, 2.05) is 0 Å². The molecule has 0 fully saturated rings. The Balaban J connectivity index is 2.15. The minimum absolute atomic E-state index is 0.102. The summed E-state index contributed by atoms with van der Waals surface area (Å²) in [5.74, 6) is -1.59. The summed E-state index contributed by atoms with van der Waals surface area (Å²) >= 11 is 0. The van der Waals surface area contributed by atoms with Gasteiger partial charge in [-0.05, 0) is 49.7 Å². The standard InChI is InChI=1S/C20H17N3O5/c1-11-5-3-4-6-15(11)23-18(25)16(17(24)22-20(23)28)12(2)21-14-9-7-13(8-10-14)19(26)27/h3-10,25H,1-2H3,(H,26,27)(H,22,24,28). The fourth-order valence-electron chi connectivity index (χ4n) is 2.82. The molecule has 3 aromatic rings. The number of rotatable bonds is 4. The first kappa shape index (κ1) is 18.8. The van der Waals surface area contributed by atoms with Gasteiger partial charge in [-0.25, -0.2) is 14.2 Å². The fourth-order valence-corrected chi connectivity index (χ4v) is 2.82. The highest BCUT2D eigenvalue weighted by molar-refractivity contribution is 6.02. The van der Waals surface area contributed by atoms with Crippen LogP contribution in [0.25, 0.3) is 5.69 Å². The number of benzene rings is 2. The number of aryl methyl sites for hydroxylation is 1. The Morgan fingerprint density at radius 3 is 2.32 bits per heavy atom. The minimum Gasteiger partial charge on any atom is -0.493 e. The second kappa shape index (κ2) is 7.36. The Kier molecular flexibility index (Phi) is 4.95. The number of aromatic nitrogens is 2. The molecule has 1 heterocycles. The van der Waals surface area contributed by atoms with E-state index in [0.717, 1.165) is 10.1 Å². The smallest absolute Gasteiger partial charge is 0.335 e. The Hall–Kier alpha value is -3.94. The van der Waals surface area contributed by atoms with Crippen LogP contribution in [0, 0.1) is 6.92 Å². The van der Waals surface area contributed by atoms with E-state index in [1.165, 1.54) is 31.2 Å². The molecule has 28 heavy (non-hydrogen) atoms. The summed E-state index contributed by atoms with van der Waals surface area (Å²) < 4.78 is 1.01. The van der Waals surface area contributed by atoms with Crippen molar-refractivity contribution in [3.05, 3.63) is 86.1 Å². The molecule has 3 rings (SSSR count). The number of H-pyrrole nitrogens is 1. The van der Waals surface area contributed by atoms with Crippen molar-refractivity contribution in [2.24, 2.45) is 4.99 Å². The Morgan fingerprint density at radius 1 is 1.07 bits per heavy atom. The lowest BCUT2D eigenvalue weighted by molar-refractivity contribution is 0.0697. The van der Waals surface area contributed by atoms with Crippen LogP contribution in [0.2, 0.25) is 0 Å². The molecule has 142 valence electrons. The van der Waals surface area contributed by atoms with Crippen LogP contribution in [-0.2, 0) is 0 Å². The third-order valence-electron chi connectivity index (χ3n) is 4.22. The monoisotopic (exact) mass is 379 g/mol. The number of carboxylic acid groups (broad SMARTS) is 1. The van der Waals surface area contributed by atoms with Gasteiger partial charge in [-0.1, -0.05) is 18.2 Å². The van der Waals surface area contributed by atoms with E-state index < -0.39 is 23.1 Å². The van der Waals surface area contributed by atoms with E-state index in [2.05, 4.69) is 9.98 Å². The number of nitrogens with one attached hydrogen (secondary N) is 1. The van der Waals surface area contributed by atoms with Crippen LogP contribution < -0.4 is 11.2 Å². The van der Waals surface area contributed by atoms with Gasteiger partial charge in [-0.3, -0.25) is 14.8 Å². The van der Waals surface area contributed by atoms with E-state index in [9.17, 15) is 19.5 Å². The molecule has 0 aliphatic carbocycles. The number of aromatic amines is 1. The molecular weight excluding hydrogens is 362 g/mol. The largest absolute Gasteiger partial charge is 0.493 e. The molecule has 0 aliphatic rings. The molecule has 1 aromatic heterocycles. The molecule has 0 amide bonds. The first-order valence-electron chi connectivity index (χ1n) is 8.33. The maximum atomic E-state index is 12.3. The Bertz CT molecular complexity index is 1200. The normalized spacial score (nSPS) is 11.4. The van der Waals surface area contributed by atoms with E-state index in [-0.39, 0.29) is 16.8 Å². The number of carbonyl (C=O) groups is 1. The first-order chi connectivity index (χ1) is 13.3. The van der Waals surface area contributed by atoms with Gasteiger partial charge in [0.15, 0.2) is 0 Å². The molecule has 0 spiro atoms. The number of aromatic carboxylic acids is 1. The zero-order valence-corrected chi connectivity index (χ0v) is 15.1. The summed E-state index contributed by atoms with van der Waals surface area (Å²) in [6.07, 6.45) is 0. The second-order valence-electron chi connectivity index (χ2n) is 6.13. The summed E-state index contributed by atoms with van der Waals surface area (Å²) in [6.45, 7) is 3.29. The number of aromatic hydroxyl groups is 1. The summed E-state index contributed by atoms with van der Waals surface area (Å²) in [5.41, 5.74) is 0.155. The molecular formula is C20H17N3O5. The number of hydrogen-bond donors (Lipinski definition) is 3. The van der Waals surface area contributed by atoms with Crippen molar-refractivity contribution in [3.8, 4) is 11.6 Å². The number of nitrogens with zero attached hydrogens (tertiary/aromatic N) is 2. The predicted octanol–water partition coefficient (Wildman–Crippen LogP) is 2.38. The number of hydrogen-bond acceptors (Lipinski definition) is 5. The number of aliphatic imine (C=N–C) groups is 1. The zero-order chi connectivity index (χ0) is 20.4. The van der Waals surface area contributed by atoms with Crippen LogP contribution >= 0.6 is 0 Å². The lowest BCUT2D eigenvalue weighted by Gasteiger charge is -2.13. The molecule has 0 unspecified atom stereocenters. The van der Waals surface area contributed by atoms with Crippen molar-refractivity contribution in [2.45, 2.75) is 13.8 Å². The van der Waals surface area contributed by atoms with Crippen LogP contribution in [0.5, 0.6) is 5.88 Å². The van der Waals surface area contributed by atoms with Crippen molar-refractivity contribution in [1.29, 1.82) is 0 Å². The molecule has 3 N–H and O–H groups in total. The molecule has 8 nitrogen and oxygen atoms in total. The van der Waals surface area contributed by atoms with Crippen LogP contribution in [-0.4, -0.2) is 31.4 Å². The SMILES string of the molecule is CC(=Nc1ccc(C(=O)O)cc1)c1c(O)n(-c2ccccc2C)c(=O)[nH]c1=O. The van der Waals surface area contributed by atoms with E-state index >= 15 is 0 Å². The van der Waals surface area contributed by atoms with Gasteiger partial charge in [0.2, 0.25) is 5.88 Å². The van der Waals surface area contributed by atoms with Crippen LogP contribution in [0.1, 0.15) is 28.4 Å². The molecule has 0 atom stereocenters. The average molecular weight is 379 g/mol. The maximum absolute atomic E-state index is 12.3. The summed E-state index contributed by atoms with van der Waals surface area (Å²) in [7, 11) is 0. The van der Waals surface area contributed by atoms with Gasteiger partial charge in [0.1, 0.15) is 5.56 Å². The highest BCUT2D eigenvalue weighted by Crippen LogP contribution is 2.21. The molecule has 8 heteroatoms. The van der Waals surface area contributed by atoms with E-state index in [0.29, 0.717) is 11.4 Å². The van der Waals surface area contributed by atoms with Gasteiger partial charge in [0.05, 0.1) is 22.6 Å². The van der Waals surface area contributed by atoms with E-state index in [1.54, 1.807) is 31.2 Å². The minimum atomic E-state index is -1.06. The third kappa shape index (κ3) is 3.48. The van der Waals surface area contributed by atoms with Crippen LogP contribution in [0.4, 0.5) is 5.69 Å².